The van der Waals surface area contributed by atoms with Crippen molar-refractivity contribution in [1.82, 2.24) is 14.6 Å². The predicted molar refractivity (Wildman–Crippen MR) is 164 cm³/mol. The first-order chi connectivity index (χ1) is 20.5. The Morgan fingerprint density at radius 2 is 1.48 bits per heavy atom. The standard InChI is InChI=1S/C33H31BrClN3O4/c1-33(41-20-25-15-9-4-10-16-25)30(27-17-26(34)29-32(35)36-22-37-38(27)29)42-28(21-39-18-23-11-5-2-6-12-23)31(33)40-19-24-13-7-3-8-14-24/h2-17,22,28,30-31H,18-21H2,1H3/t28-,30+,31-,33+/m1/s1. The maximum Gasteiger partial charge on any atom is 0.157 e. The lowest BCUT2D eigenvalue weighted by Gasteiger charge is -2.35. The van der Waals surface area contributed by atoms with Gasteiger partial charge in [0.15, 0.2) is 5.15 Å². The molecule has 3 aromatic carbocycles. The normalized spacial score (nSPS) is 22.1. The molecule has 0 N–H and O–H groups in total. The molecule has 0 amide bonds. The van der Waals surface area contributed by atoms with Crippen molar-refractivity contribution in [2.24, 2.45) is 0 Å². The van der Waals surface area contributed by atoms with E-state index in [1.54, 1.807) is 4.52 Å². The highest BCUT2D eigenvalue weighted by atomic mass is 79.9. The van der Waals surface area contributed by atoms with Gasteiger partial charge in [-0.05, 0) is 45.6 Å². The Morgan fingerprint density at radius 3 is 2.12 bits per heavy atom. The lowest BCUT2D eigenvalue weighted by Crippen LogP contribution is -2.47. The highest BCUT2D eigenvalue weighted by Crippen LogP contribution is 2.48. The molecule has 9 heteroatoms. The van der Waals surface area contributed by atoms with E-state index in [0.717, 1.165) is 26.9 Å². The first-order valence-electron chi connectivity index (χ1n) is 13.8. The van der Waals surface area contributed by atoms with Gasteiger partial charge in [0, 0.05) is 4.47 Å². The van der Waals surface area contributed by atoms with Gasteiger partial charge in [0.2, 0.25) is 0 Å². The molecule has 0 unspecified atom stereocenters. The van der Waals surface area contributed by atoms with Crippen molar-refractivity contribution in [3.63, 3.8) is 0 Å². The van der Waals surface area contributed by atoms with Crippen LogP contribution >= 0.6 is 27.5 Å². The minimum Gasteiger partial charge on any atom is -0.374 e. The number of hydrogen-bond acceptors (Lipinski definition) is 6. The summed E-state index contributed by atoms with van der Waals surface area (Å²) >= 11 is 10.1. The third-order valence-corrected chi connectivity index (χ3v) is 8.43. The van der Waals surface area contributed by atoms with Crippen LogP contribution in [0.1, 0.15) is 35.4 Å². The lowest BCUT2D eigenvalue weighted by molar-refractivity contribution is -0.148. The molecule has 1 aliphatic rings. The van der Waals surface area contributed by atoms with Gasteiger partial charge in [0.25, 0.3) is 0 Å². The molecule has 5 aromatic rings. The topological polar surface area (TPSA) is 67.1 Å². The second kappa shape index (κ2) is 13.0. The fourth-order valence-corrected chi connectivity index (χ4v) is 6.37. The molecule has 3 heterocycles. The fourth-order valence-electron chi connectivity index (χ4n) is 5.44. The van der Waals surface area contributed by atoms with Gasteiger partial charge in [-0.25, -0.2) is 9.50 Å². The Balaban J connectivity index is 1.36. The molecule has 42 heavy (non-hydrogen) atoms. The lowest BCUT2D eigenvalue weighted by atomic mass is 9.90. The van der Waals surface area contributed by atoms with Crippen LogP contribution in [0.2, 0.25) is 5.15 Å². The molecule has 0 radical (unpaired) electrons. The van der Waals surface area contributed by atoms with Crippen molar-refractivity contribution in [3.05, 3.63) is 135 Å². The smallest absolute Gasteiger partial charge is 0.157 e. The minimum atomic E-state index is -0.920. The van der Waals surface area contributed by atoms with Crippen molar-refractivity contribution in [3.8, 4) is 0 Å². The van der Waals surface area contributed by atoms with Crippen LogP contribution in [0.25, 0.3) is 5.52 Å². The molecule has 1 aliphatic heterocycles. The summed E-state index contributed by atoms with van der Waals surface area (Å²) < 4.78 is 29.1. The molecule has 0 aliphatic carbocycles. The van der Waals surface area contributed by atoms with E-state index >= 15 is 0 Å². The number of benzene rings is 3. The van der Waals surface area contributed by atoms with Crippen molar-refractivity contribution in [2.45, 2.75) is 50.7 Å². The Morgan fingerprint density at radius 1 is 0.881 bits per heavy atom. The van der Waals surface area contributed by atoms with Gasteiger partial charge < -0.3 is 18.9 Å². The number of nitrogens with zero attached hydrogens (tertiary/aromatic N) is 3. The van der Waals surface area contributed by atoms with Crippen molar-refractivity contribution >= 4 is 33.0 Å². The molecule has 0 spiro atoms. The maximum absolute atomic E-state index is 6.83. The molecule has 4 atom stereocenters. The van der Waals surface area contributed by atoms with Crippen LogP contribution in [-0.2, 0) is 38.8 Å². The van der Waals surface area contributed by atoms with E-state index in [-0.39, 0.29) is 0 Å². The van der Waals surface area contributed by atoms with Gasteiger partial charge >= 0.3 is 0 Å². The average molecular weight is 649 g/mol. The first-order valence-corrected chi connectivity index (χ1v) is 15.0. The number of hydrogen-bond donors (Lipinski definition) is 0. The summed E-state index contributed by atoms with van der Waals surface area (Å²) in [6.45, 7) is 3.59. The van der Waals surface area contributed by atoms with Gasteiger partial charge in [-0.1, -0.05) is 103 Å². The van der Waals surface area contributed by atoms with Crippen LogP contribution in [0, 0.1) is 0 Å². The maximum atomic E-state index is 6.83. The molecule has 0 saturated carbocycles. The van der Waals surface area contributed by atoms with Crippen LogP contribution in [0.15, 0.2) is 108 Å². The highest BCUT2D eigenvalue weighted by molar-refractivity contribution is 9.10. The summed E-state index contributed by atoms with van der Waals surface area (Å²) in [5.41, 5.74) is 3.71. The van der Waals surface area contributed by atoms with E-state index < -0.39 is 23.9 Å². The zero-order valence-corrected chi connectivity index (χ0v) is 25.4. The Bertz CT molecular complexity index is 1610. The molecular formula is C33H31BrClN3O4. The summed E-state index contributed by atoms with van der Waals surface area (Å²) in [7, 11) is 0. The SMILES string of the molecule is C[C@@]1(OCc2ccccc2)[C@H](OCc2ccccc2)[C@@H](COCc2ccccc2)O[C@H]1c1cc(Br)c2c(Cl)ncnn12. The van der Waals surface area contributed by atoms with Crippen molar-refractivity contribution in [2.75, 3.05) is 6.61 Å². The second-order valence-corrected chi connectivity index (χ2v) is 11.7. The Kier molecular flexibility index (Phi) is 9.00. The molecule has 2 aromatic heterocycles. The zero-order valence-electron chi connectivity index (χ0n) is 23.1. The molecule has 1 saturated heterocycles. The van der Waals surface area contributed by atoms with E-state index in [1.807, 2.05) is 104 Å². The number of fused-ring (bicyclic) bond motifs is 1. The summed E-state index contributed by atoms with van der Waals surface area (Å²) in [5.74, 6) is 0. The summed E-state index contributed by atoms with van der Waals surface area (Å²) in [4.78, 5) is 4.17. The van der Waals surface area contributed by atoms with E-state index in [9.17, 15) is 0 Å². The molecule has 216 valence electrons. The van der Waals surface area contributed by atoms with Crippen molar-refractivity contribution in [1.29, 1.82) is 0 Å². The average Bonchev–Trinajstić information content (AvgIpc) is 3.50. The third kappa shape index (κ3) is 6.15. The Hall–Kier alpha value is -3.11. The summed E-state index contributed by atoms with van der Waals surface area (Å²) in [6.07, 6.45) is -0.0163. The largest absolute Gasteiger partial charge is 0.374 e. The molecular weight excluding hydrogens is 618 g/mol. The first kappa shape index (κ1) is 29.0. The molecule has 6 rings (SSSR count). The van der Waals surface area contributed by atoms with Crippen LogP contribution < -0.4 is 0 Å². The van der Waals surface area contributed by atoms with Gasteiger partial charge in [-0.2, -0.15) is 5.10 Å². The number of halogens is 2. The van der Waals surface area contributed by atoms with Crippen LogP contribution in [0.5, 0.6) is 0 Å². The van der Waals surface area contributed by atoms with Gasteiger partial charge in [0.05, 0.1) is 32.1 Å². The van der Waals surface area contributed by atoms with Gasteiger partial charge in [-0.3, -0.25) is 0 Å². The third-order valence-electron chi connectivity index (χ3n) is 7.55. The fraction of sp³-hybridized carbons (Fsp3) is 0.273. The monoisotopic (exact) mass is 647 g/mol. The zero-order chi connectivity index (χ0) is 28.9. The van der Waals surface area contributed by atoms with Crippen LogP contribution in [0.4, 0.5) is 0 Å². The minimum absolute atomic E-state index is 0.315. The van der Waals surface area contributed by atoms with Gasteiger partial charge in [-0.15, -0.1) is 0 Å². The van der Waals surface area contributed by atoms with Crippen LogP contribution in [-0.4, -0.2) is 39.0 Å². The summed E-state index contributed by atoms with van der Waals surface area (Å²) in [5, 5.41) is 4.86. The van der Waals surface area contributed by atoms with E-state index in [4.69, 9.17) is 30.5 Å². The number of rotatable bonds is 11. The molecule has 1 fully saturated rings. The van der Waals surface area contributed by atoms with Crippen LogP contribution in [0.3, 0.4) is 0 Å². The Labute approximate surface area is 258 Å². The van der Waals surface area contributed by atoms with E-state index in [2.05, 4.69) is 26.0 Å². The summed E-state index contributed by atoms with van der Waals surface area (Å²) in [6, 6.07) is 32.2. The highest BCUT2D eigenvalue weighted by Gasteiger charge is 2.57. The van der Waals surface area contributed by atoms with Crippen molar-refractivity contribution < 1.29 is 18.9 Å². The number of aromatic nitrogens is 3. The predicted octanol–water partition coefficient (Wildman–Crippen LogP) is 7.36. The molecule has 7 nitrogen and oxygen atoms in total. The van der Waals surface area contributed by atoms with E-state index in [1.165, 1.54) is 6.33 Å². The van der Waals surface area contributed by atoms with Gasteiger partial charge in [0.1, 0.15) is 35.8 Å². The quantitative estimate of drug-likeness (QED) is 0.149. The second-order valence-electron chi connectivity index (χ2n) is 10.5. The van der Waals surface area contributed by atoms with E-state index in [0.29, 0.717) is 37.1 Å². The number of ether oxygens (including phenoxy) is 4. The molecule has 0 bridgehead atoms.